The maximum absolute atomic E-state index is 13.1. The Hall–Kier alpha value is -2.16. The predicted octanol–water partition coefficient (Wildman–Crippen LogP) is 4.08. The number of nitrogen functional groups attached to an aromatic ring is 2. The molecule has 0 unspecified atom stereocenters. The lowest BCUT2D eigenvalue weighted by molar-refractivity contribution is 0.617. The van der Waals surface area contributed by atoms with E-state index in [2.05, 4.69) is 31.9 Å². The molecule has 0 fully saturated rings. The molecule has 2 aromatic carbocycles. The van der Waals surface area contributed by atoms with E-state index in [9.17, 15) is 8.78 Å². The highest BCUT2D eigenvalue weighted by molar-refractivity contribution is 9.11. The second-order valence-electron chi connectivity index (χ2n) is 3.91. The van der Waals surface area contributed by atoms with Crippen LogP contribution in [0.5, 0.6) is 0 Å². The van der Waals surface area contributed by atoms with Gasteiger partial charge >= 0.3 is 0 Å². The number of halogens is 4. The third kappa shape index (κ3) is 4.17. The van der Waals surface area contributed by atoms with Gasteiger partial charge in [0.2, 0.25) is 0 Å². The average Bonchev–Trinajstić information content (AvgIpc) is 2.49. The Balaban J connectivity index is 0.000000224. The van der Waals surface area contributed by atoms with Gasteiger partial charge in [0.25, 0.3) is 0 Å². The summed E-state index contributed by atoms with van der Waals surface area (Å²) in [5, 5.41) is 16.8. The van der Waals surface area contributed by atoms with Crippen molar-refractivity contribution in [3.05, 3.63) is 56.0 Å². The molecule has 0 bridgehead atoms. The van der Waals surface area contributed by atoms with Crippen molar-refractivity contribution in [2.45, 2.75) is 0 Å². The smallest absolute Gasteiger partial charge is 0.157 e. The number of anilines is 2. The average molecular weight is 430 g/mol. The maximum atomic E-state index is 13.1. The first-order chi connectivity index (χ1) is 10.3. The topological polar surface area (TPSA) is 99.6 Å². The van der Waals surface area contributed by atoms with Crippen LogP contribution in [-0.4, -0.2) is 0 Å². The van der Waals surface area contributed by atoms with Crippen LogP contribution in [0.4, 0.5) is 20.2 Å². The summed E-state index contributed by atoms with van der Waals surface area (Å²) in [5.74, 6) is -1.19. The van der Waals surface area contributed by atoms with E-state index in [1.54, 1.807) is 12.1 Å². The molecular weight excluding hydrogens is 422 g/mol. The minimum atomic E-state index is -0.627. The predicted molar refractivity (Wildman–Crippen MR) is 86.5 cm³/mol. The van der Waals surface area contributed by atoms with E-state index < -0.39 is 11.6 Å². The SMILES string of the molecule is N#Cc1cc(Br)c(N)c(Br)c1F.N#Cc1ccc(N)cc1F. The van der Waals surface area contributed by atoms with E-state index in [-0.39, 0.29) is 21.3 Å². The zero-order valence-electron chi connectivity index (χ0n) is 10.9. The molecule has 2 aromatic rings. The second-order valence-corrected chi connectivity index (χ2v) is 5.56. The number of rotatable bonds is 0. The molecule has 0 aliphatic rings. The Bertz CT molecular complexity index is 795. The molecule has 0 aliphatic heterocycles. The normalized spacial score (nSPS) is 9.18. The van der Waals surface area contributed by atoms with Gasteiger partial charge in [-0.2, -0.15) is 10.5 Å². The Morgan fingerprint density at radius 2 is 1.55 bits per heavy atom. The number of hydrogen-bond acceptors (Lipinski definition) is 4. The monoisotopic (exact) mass is 428 g/mol. The minimum absolute atomic E-state index is 0.0224. The largest absolute Gasteiger partial charge is 0.399 e. The first kappa shape index (κ1) is 17.9. The Kier molecular flexibility index (Phi) is 6.29. The Morgan fingerprint density at radius 3 is 2.05 bits per heavy atom. The molecule has 0 saturated carbocycles. The summed E-state index contributed by atoms with van der Waals surface area (Å²) in [7, 11) is 0. The van der Waals surface area contributed by atoms with Crippen molar-refractivity contribution in [1.82, 2.24) is 0 Å². The van der Waals surface area contributed by atoms with Crippen molar-refractivity contribution in [2.24, 2.45) is 0 Å². The molecular formula is C14H8Br2F2N4. The van der Waals surface area contributed by atoms with Crippen LogP contribution in [-0.2, 0) is 0 Å². The van der Waals surface area contributed by atoms with Gasteiger partial charge in [0, 0.05) is 10.2 Å². The molecule has 2 rings (SSSR count). The third-order valence-corrected chi connectivity index (χ3v) is 3.86. The summed E-state index contributed by atoms with van der Waals surface area (Å²) in [6.45, 7) is 0. The lowest BCUT2D eigenvalue weighted by Crippen LogP contribution is -1.94. The zero-order chi connectivity index (χ0) is 16.9. The van der Waals surface area contributed by atoms with Crippen molar-refractivity contribution in [2.75, 3.05) is 11.5 Å². The lowest BCUT2D eigenvalue weighted by Gasteiger charge is -2.03. The molecule has 0 saturated heterocycles. The van der Waals surface area contributed by atoms with Crippen molar-refractivity contribution in [3.63, 3.8) is 0 Å². The quantitative estimate of drug-likeness (QED) is 0.486. The molecule has 0 radical (unpaired) electrons. The molecule has 0 amide bonds. The van der Waals surface area contributed by atoms with Gasteiger partial charge in [-0.3, -0.25) is 0 Å². The molecule has 0 aromatic heterocycles. The fraction of sp³-hybridized carbons (Fsp3) is 0. The number of nitriles is 2. The van der Waals surface area contributed by atoms with Gasteiger partial charge < -0.3 is 11.5 Å². The maximum Gasteiger partial charge on any atom is 0.157 e. The highest BCUT2D eigenvalue weighted by Crippen LogP contribution is 2.32. The van der Waals surface area contributed by atoms with Crippen LogP contribution in [0.15, 0.2) is 33.2 Å². The number of nitrogens with two attached hydrogens (primary N) is 2. The van der Waals surface area contributed by atoms with Crippen LogP contribution >= 0.6 is 31.9 Å². The fourth-order valence-electron chi connectivity index (χ4n) is 1.31. The molecule has 0 spiro atoms. The summed E-state index contributed by atoms with van der Waals surface area (Å²) < 4.78 is 26.2. The van der Waals surface area contributed by atoms with Crippen molar-refractivity contribution in [1.29, 1.82) is 10.5 Å². The molecule has 4 N–H and O–H groups in total. The van der Waals surface area contributed by atoms with Gasteiger partial charge in [-0.05, 0) is 56.1 Å². The van der Waals surface area contributed by atoms with Crippen LogP contribution in [0.2, 0.25) is 0 Å². The van der Waals surface area contributed by atoms with Crippen LogP contribution in [0, 0.1) is 34.3 Å². The van der Waals surface area contributed by atoms with E-state index in [0.717, 1.165) is 6.07 Å². The molecule has 112 valence electrons. The van der Waals surface area contributed by atoms with Crippen LogP contribution in [0.1, 0.15) is 11.1 Å². The van der Waals surface area contributed by atoms with Gasteiger partial charge in [0.05, 0.1) is 21.3 Å². The van der Waals surface area contributed by atoms with Crippen molar-refractivity contribution >= 4 is 43.2 Å². The zero-order valence-corrected chi connectivity index (χ0v) is 14.0. The first-order valence-electron chi connectivity index (χ1n) is 5.60. The summed E-state index contributed by atoms with van der Waals surface area (Å²) in [6, 6.07) is 8.71. The van der Waals surface area contributed by atoms with Gasteiger partial charge in [-0.25, -0.2) is 8.78 Å². The molecule has 0 atom stereocenters. The Labute approximate surface area is 142 Å². The minimum Gasteiger partial charge on any atom is -0.399 e. The van der Waals surface area contributed by atoms with Gasteiger partial charge in [0.15, 0.2) is 5.82 Å². The van der Waals surface area contributed by atoms with Crippen LogP contribution in [0.3, 0.4) is 0 Å². The van der Waals surface area contributed by atoms with E-state index in [1.165, 1.54) is 18.2 Å². The molecule has 22 heavy (non-hydrogen) atoms. The van der Waals surface area contributed by atoms with Crippen LogP contribution < -0.4 is 11.5 Å². The number of nitrogens with zero attached hydrogens (tertiary/aromatic N) is 2. The first-order valence-corrected chi connectivity index (χ1v) is 7.18. The van der Waals surface area contributed by atoms with Crippen molar-refractivity contribution < 1.29 is 8.78 Å². The van der Waals surface area contributed by atoms with E-state index >= 15 is 0 Å². The fourth-order valence-corrected chi connectivity index (χ4v) is 2.43. The second kappa shape index (κ2) is 7.74. The summed E-state index contributed by atoms with van der Waals surface area (Å²) in [6.07, 6.45) is 0. The standard InChI is InChI=1S/C7H3Br2FN2.C7H5FN2/c8-4-1-3(2-11)6(10)5(9)7(4)12;8-7-3-6(10)2-1-5(7)4-9/h1H,12H2;1-3H,10H2. The van der Waals surface area contributed by atoms with E-state index in [1.807, 2.05) is 0 Å². The van der Waals surface area contributed by atoms with E-state index in [4.69, 9.17) is 22.0 Å². The van der Waals surface area contributed by atoms with E-state index in [0.29, 0.717) is 10.2 Å². The van der Waals surface area contributed by atoms with Gasteiger partial charge in [0.1, 0.15) is 18.0 Å². The molecule has 0 heterocycles. The molecule has 4 nitrogen and oxygen atoms in total. The summed E-state index contributed by atoms with van der Waals surface area (Å²) in [4.78, 5) is 0. The molecule has 0 aliphatic carbocycles. The number of hydrogen-bond donors (Lipinski definition) is 2. The third-order valence-electron chi connectivity index (χ3n) is 2.43. The molecule has 8 heteroatoms. The summed E-state index contributed by atoms with van der Waals surface area (Å²) in [5.41, 5.74) is 11.3. The Morgan fingerprint density at radius 1 is 0.955 bits per heavy atom. The summed E-state index contributed by atoms with van der Waals surface area (Å²) >= 11 is 6.04. The van der Waals surface area contributed by atoms with Gasteiger partial charge in [-0.1, -0.05) is 0 Å². The number of benzene rings is 2. The highest BCUT2D eigenvalue weighted by Gasteiger charge is 2.12. The highest BCUT2D eigenvalue weighted by atomic mass is 79.9. The lowest BCUT2D eigenvalue weighted by atomic mass is 10.2. The van der Waals surface area contributed by atoms with Crippen LogP contribution in [0.25, 0.3) is 0 Å². The van der Waals surface area contributed by atoms with Crippen molar-refractivity contribution in [3.8, 4) is 12.1 Å². The van der Waals surface area contributed by atoms with Gasteiger partial charge in [-0.15, -0.1) is 0 Å².